The molecule has 10 heteroatoms. The van der Waals surface area contributed by atoms with Gasteiger partial charge in [-0.15, -0.1) is 0 Å². The molecule has 4 aromatic rings. The van der Waals surface area contributed by atoms with E-state index in [1.165, 1.54) is 0 Å². The zero-order valence-corrected chi connectivity index (χ0v) is 21.6. The van der Waals surface area contributed by atoms with Crippen molar-refractivity contribution in [2.75, 3.05) is 25.2 Å². The number of unbranched alkanes of at least 4 members (excludes halogenated alkanes) is 2. The highest BCUT2D eigenvalue weighted by Crippen LogP contribution is 2.29. The topological polar surface area (TPSA) is 121 Å². The van der Waals surface area contributed by atoms with Crippen molar-refractivity contribution < 1.29 is 17.9 Å². The molecular formula is C26H33N5O4S. The van der Waals surface area contributed by atoms with Crippen molar-refractivity contribution in [2.24, 2.45) is 0 Å². The Morgan fingerprint density at radius 1 is 1.03 bits per heavy atom. The fourth-order valence-corrected chi connectivity index (χ4v) is 5.31. The Hall–Kier alpha value is -3.21. The first-order chi connectivity index (χ1) is 17.4. The molecule has 2 aromatic carbocycles. The molecule has 36 heavy (non-hydrogen) atoms. The highest BCUT2D eigenvalue weighted by molar-refractivity contribution is 7.89. The fourth-order valence-electron chi connectivity index (χ4n) is 4.20. The molecule has 0 bridgehead atoms. The van der Waals surface area contributed by atoms with Crippen molar-refractivity contribution in [1.29, 1.82) is 0 Å². The van der Waals surface area contributed by atoms with Gasteiger partial charge in [0.15, 0.2) is 5.82 Å². The summed E-state index contributed by atoms with van der Waals surface area (Å²) in [7, 11) is -1.77. The Labute approximate surface area is 211 Å². The maximum Gasteiger partial charge on any atom is 0.211 e. The number of nitrogens with two attached hydrogens (primary N) is 1. The maximum absolute atomic E-state index is 12.5. The molecule has 3 N–H and O–H groups in total. The summed E-state index contributed by atoms with van der Waals surface area (Å²) in [5, 5.41) is 0.988. The number of anilines is 1. The van der Waals surface area contributed by atoms with Gasteiger partial charge in [-0.1, -0.05) is 36.8 Å². The van der Waals surface area contributed by atoms with E-state index in [4.69, 9.17) is 20.2 Å². The maximum atomic E-state index is 12.5. The lowest BCUT2D eigenvalue weighted by Crippen LogP contribution is -2.26. The Kier molecular flexibility index (Phi) is 8.40. The Morgan fingerprint density at radius 3 is 2.56 bits per heavy atom. The van der Waals surface area contributed by atoms with Crippen LogP contribution in [0.1, 0.15) is 37.6 Å². The smallest absolute Gasteiger partial charge is 0.211 e. The number of nitrogens with zero attached hydrogens (tertiary/aromatic N) is 3. The van der Waals surface area contributed by atoms with Crippen molar-refractivity contribution in [3.8, 4) is 5.75 Å². The first-order valence-corrected chi connectivity index (χ1v) is 13.8. The van der Waals surface area contributed by atoms with Crippen molar-refractivity contribution >= 4 is 37.8 Å². The van der Waals surface area contributed by atoms with Crippen molar-refractivity contribution in [3.05, 3.63) is 59.9 Å². The second-order valence-electron chi connectivity index (χ2n) is 8.58. The van der Waals surface area contributed by atoms with Crippen molar-refractivity contribution in [3.63, 3.8) is 0 Å². The first kappa shape index (κ1) is 25.9. The summed E-state index contributed by atoms with van der Waals surface area (Å²) in [6, 6.07) is 15.2. The van der Waals surface area contributed by atoms with Crippen LogP contribution in [0.3, 0.4) is 0 Å². The number of sulfonamides is 1. The summed E-state index contributed by atoms with van der Waals surface area (Å²) in [6.45, 7) is 3.85. The summed E-state index contributed by atoms with van der Waals surface area (Å²) >= 11 is 0. The van der Waals surface area contributed by atoms with E-state index in [9.17, 15) is 8.42 Å². The highest BCUT2D eigenvalue weighted by Gasteiger charge is 2.17. The van der Waals surface area contributed by atoms with E-state index in [-0.39, 0.29) is 12.3 Å². The summed E-state index contributed by atoms with van der Waals surface area (Å²) in [6.07, 6.45) is 2.13. The van der Waals surface area contributed by atoms with E-state index in [1.54, 1.807) is 7.11 Å². The van der Waals surface area contributed by atoms with Crippen LogP contribution in [-0.4, -0.2) is 42.4 Å². The van der Waals surface area contributed by atoms with Gasteiger partial charge in [-0.2, -0.15) is 0 Å². The number of hydrogen-bond donors (Lipinski definition) is 2. The summed E-state index contributed by atoms with van der Waals surface area (Å²) in [4.78, 5) is 9.24. The molecule has 9 nitrogen and oxygen atoms in total. The minimum atomic E-state index is -3.36. The number of ether oxygens (including phenoxy) is 2. The third kappa shape index (κ3) is 6.13. The van der Waals surface area contributed by atoms with Crippen LogP contribution < -0.4 is 15.2 Å². The van der Waals surface area contributed by atoms with E-state index in [2.05, 4.69) is 14.3 Å². The summed E-state index contributed by atoms with van der Waals surface area (Å²) in [5.74, 6) is 2.02. The first-order valence-electron chi connectivity index (χ1n) is 12.1. The predicted octanol–water partition coefficient (Wildman–Crippen LogP) is 4.00. The quantitative estimate of drug-likeness (QED) is 0.260. The van der Waals surface area contributed by atoms with Crippen LogP contribution in [0.25, 0.3) is 21.9 Å². The van der Waals surface area contributed by atoms with Gasteiger partial charge in [0.25, 0.3) is 0 Å². The van der Waals surface area contributed by atoms with Crippen molar-refractivity contribution in [2.45, 2.75) is 45.9 Å². The Morgan fingerprint density at radius 2 is 1.81 bits per heavy atom. The van der Waals surface area contributed by atoms with Crippen LogP contribution in [0.5, 0.6) is 5.75 Å². The van der Waals surface area contributed by atoms with Gasteiger partial charge in [-0.25, -0.2) is 23.1 Å². The lowest BCUT2D eigenvalue weighted by atomic mass is 10.2. The molecule has 2 aromatic heterocycles. The molecule has 0 aliphatic heterocycles. The number of methoxy groups -OCH3 is 1. The zero-order chi connectivity index (χ0) is 25.5. The molecule has 0 atom stereocenters. The van der Waals surface area contributed by atoms with E-state index in [0.29, 0.717) is 37.5 Å². The molecule has 0 saturated heterocycles. The number of imidazole rings is 1. The molecule has 0 spiro atoms. The second kappa shape index (κ2) is 11.7. The number of aromatic nitrogens is 3. The number of aryl methyl sites for hydroxylation is 1. The minimum absolute atomic E-state index is 0.0828. The normalized spacial score (nSPS) is 11.9. The minimum Gasteiger partial charge on any atom is -0.497 e. The van der Waals surface area contributed by atoms with Gasteiger partial charge in [-0.05, 0) is 43.5 Å². The van der Waals surface area contributed by atoms with Crippen LogP contribution in [0.4, 0.5) is 5.82 Å². The lowest BCUT2D eigenvalue weighted by molar-refractivity contribution is 0.126. The van der Waals surface area contributed by atoms with Crippen LogP contribution in [0.2, 0.25) is 0 Å². The van der Waals surface area contributed by atoms with Gasteiger partial charge in [0.1, 0.15) is 23.7 Å². The van der Waals surface area contributed by atoms with Crippen molar-refractivity contribution in [1.82, 2.24) is 19.3 Å². The largest absolute Gasteiger partial charge is 0.497 e. The van der Waals surface area contributed by atoms with E-state index < -0.39 is 10.0 Å². The van der Waals surface area contributed by atoms with Gasteiger partial charge < -0.3 is 19.8 Å². The third-order valence-corrected chi connectivity index (χ3v) is 7.48. The SMILES string of the molecule is CCOCc1nc2c(N)nc3ccccc3c2n1CCCCCS(=O)(=O)NCc1ccc(OC)cc1. The van der Waals surface area contributed by atoms with Crippen LogP contribution >= 0.6 is 0 Å². The number of pyridine rings is 1. The fraction of sp³-hybridized carbons (Fsp3) is 0.385. The molecular weight excluding hydrogens is 478 g/mol. The van der Waals surface area contributed by atoms with E-state index >= 15 is 0 Å². The number of fused-ring (bicyclic) bond motifs is 3. The molecule has 4 rings (SSSR count). The monoisotopic (exact) mass is 511 g/mol. The molecule has 0 aliphatic carbocycles. The molecule has 0 fully saturated rings. The number of nitrogen functional groups attached to an aromatic ring is 1. The molecule has 0 aliphatic rings. The number of benzene rings is 2. The van der Waals surface area contributed by atoms with Gasteiger partial charge >= 0.3 is 0 Å². The van der Waals surface area contributed by atoms with Gasteiger partial charge in [0.05, 0.1) is 23.9 Å². The standard InChI is InChI=1S/C26H33N5O4S/c1-3-35-18-23-30-24-25(21-9-5-6-10-22(21)29-26(24)27)31(23)15-7-4-8-16-36(32,33)28-17-19-11-13-20(34-2)14-12-19/h5-6,9-14,28H,3-4,7-8,15-18H2,1-2H3,(H2,27,29). The predicted molar refractivity (Wildman–Crippen MR) is 142 cm³/mol. The van der Waals surface area contributed by atoms with Crippen LogP contribution in [0.15, 0.2) is 48.5 Å². The number of hydrogen-bond acceptors (Lipinski definition) is 7. The lowest BCUT2D eigenvalue weighted by Gasteiger charge is -2.11. The van der Waals surface area contributed by atoms with Crippen LogP contribution in [0, 0.1) is 0 Å². The third-order valence-electron chi connectivity index (χ3n) is 6.07. The average Bonchev–Trinajstić information content (AvgIpc) is 3.25. The molecule has 0 saturated carbocycles. The Balaban J connectivity index is 1.38. The number of para-hydroxylation sites is 1. The molecule has 192 valence electrons. The molecule has 0 radical (unpaired) electrons. The average molecular weight is 512 g/mol. The van der Waals surface area contributed by atoms with Crippen LogP contribution in [-0.2, 0) is 34.5 Å². The number of rotatable bonds is 13. The number of nitrogens with one attached hydrogen (secondary N) is 1. The summed E-state index contributed by atoms with van der Waals surface area (Å²) < 4.78 is 40.5. The van der Waals surface area contributed by atoms with E-state index in [0.717, 1.165) is 46.4 Å². The second-order valence-corrected chi connectivity index (χ2v) is 10.5. The van der Waals surface area contributed by atoms with E-state index in [1.807, 2.05) is 55.5 Å². The molecule has 0 unspecified atom stereocenters. The van der Waals surface area contributed by atoms with Gasteiger partial charge in [-0.3, -0.25) is 0 Å². The highest BCUT2D eigenvalue weighted by atomic mass is 32.2. The molecule has 0 amide bonds. The molecule has 2 heterocycles. The van der Waals surface area contributed by atoms with Gasteiger partial charge in [0, 0.05) is 25.1 Å². The summed E-state index contributed by atoms with van der Waals surface area (Å²) in [5.41, 5.74) is 9.56. The Bertz CT molecular complexity index is 1420. The zero-order valence-electron chi connectivity index (χ0n) is 20.7. The van der Waals surface area contributed by atoms with Gasteiger partial charge in [0.2, 0.25) is 10.0 Å².